The highest BCUT2D eigenvalue weighted by Crippen LogP contribution is 2.36. The average Bonchev–Trinajstić information content (AvgIpc) is 3.50. The average molecular weight is 517 g/mol. The molecule has 3 aliphatic heterocycles. The van der Waals surface area contributed by atoms with Gasteiger partial charge in [0.2, 0.25) is 12.7 Å². The van der Waals surface area contributed by atoms with Gasteiger partial charge in [0.1, 0.15) is 17.7 Å². The van der Waals surface area contributed by atoms with Crippen molar-refractivity contribution in [1.29, 1.82) is 0 Å². The molecule has 3 heterocycles. The van der Waals surface area contributed by atoms with E-state index in [-0.39, 0.29) is 31.5 Å². The molecular formula is C27H21FN4O4S. The highest BCUT2D eigenvalue weighted by molar-refractivity contribution is 8.13. The van der Waals surface area contributed by atoms with Crippen molar-refractivity contribution < 1.29 is 23.5 Å². The zero-order valence-electron chi connectivity index (χ0n) is 19.5. The number of nitrogens with zero attached hydrogens (tertiary/aromatic N) is 3. The van der Waals surface area contributed by atoms with E-state index in [0.29, 0.717) is 33.9 Å². The molecule has 0 bridgehead atoms. The van der Waals surface area contributed by atoms with Gasteiger partial charge in [-0.2, -0.15) is 4.99 Å². The Balaban J connectivity index is 1.19. The van der Waals surface area contributed by atoms with Crippen molar-refractivity contribution in [1.82, 2.24) is 10.2 Å². The van der Waals surface area contributed by atoms with Gasteiger partial charge in [0.15, 0.2) is 16.7 Å². The van der Waals surface area contributed by atoms with E-state index in [4.69, 9.17) is 14.5 Å². The Morgan fingerprint density at radius 2 is 1.89 bits per heavy atom. The predicted molar refractivity (Wildman–Crippen MR) is 137 cm³/mol. The van der Waals surface area contributed by atoms with Crippen LogP contribution >= 0.6 is 11.8 Å². The second-order valence-corrected chi connectivity index (χ2v) is 9.60. The minimum Gasteiger partial charge on any atom is -0.454 e. The molecule has 8 nitrogen and oxygen atoms in total. The number of benzene rings is 3. The third-order valence-corrected chi connectivity index (χ3v) is 7.19. The van der Waals surface area contributed by atoms with E-state index in [1.807, 2.05) is 42.5 Å². The molecule has 1 atom stereocenters. The van der Waals surface area contributed by atoms with E-state index < -0.39 is 11.9 Å². The van der Waals surface area contributed by atoms with Crippen LogP contribution in [0.15, 0.2) is 76.7 Å². The van der Waals surface area contributed by atoms with Gasteiger partial charge in [-0.05, 0) is 47.5 Å². The summed E-state index contributed by atoms with van der Waals surface area (Å²) in [6, 6.07) is 18.4. The van der Waals surface area contributed by atoms with Crippen LogP contribution in [-0.2, 0) is 21.9 Å². The molecule has 1 unspecified atom stereocenters. The van der Waals surface area contributed by atoms with Gasteiger partial charge in [-0.15, -0.1) is 0 Å². The first-order chi connectivity index (χ1) is 18.0. The SMILES string of the molecule is O=C(CC1C(=O)N=C2c3ccccc3N=C(SCc3cccc(F)c3)N21)NCc1ccc2c(c1)OCO2. The summed E-state index contributed by atoms with van der Waals surface area (Å²) in [6.45, 7) is 0.458. The maximum Gasteiger partial charge on any atom is 0.271 e. The van der Waals surface area contributed by atoms with Crippen molar-refractivity contribution in [3.63, 3.8) is 0 Å². The molecule has 0 fully saturated rings. The molecule has 0 spiro atoms. The molecule has 0 aliphatic carbocycles. The number of amides is 2. The number of hydrogen-bond acceptors (Lipinski definition) is 7. The molecule has 6 rings (SSSR count). The Kier molecular flexibility index (Phi) is 6.09. The predicted octanol–water partition coefficient (Wildman–Crippen LogP) is 4.15. The molecule has 186 valence electrons. The number of carbonyl (C=O) groups is 2. The number of fused-ring (bicyclic) bond motifs is 4. The molecule has 3 aromatic rings. The lowest BCUT2D eigenvalue weighted by Crippen LogP contribution is -2.45. The summed E-state index contributed by atoms with van der Waals surface area (Å²) in [7, 11) is 0. The van der Waals surface area contributed by atoms with Gasteiger partial charge in [0, 0.05) is 17.9 Å². The molecule has 0 saturated carbocycles. The number of amidine groups is 2. The zero-order valence-corrected chi connectivity index (χ0v) is 20.3. The largest absolute Gasteiger partial charge is 0.454 e. The summed E-state index contributed by atoms with van der Waals surface area (Å²) in [6.07, 6.45) is -0.0852. The van der Waals surface area contributed by atoms with Crippen molar-refractivity contribution in [2.24, 2.45) is 9.98 Å². The van der Waals surface area contributed by atoms with Gasteiger partial charge in [-0.25, -0.2) is 9.38 Å². The number of carbonyl (C=O) groups excluding carboxylic acids is 2. The molecule has 3 aromatic carbocycles. The van der Waals surface area contributed by atoms with Gasteiger partial charge in [0.05, 0.1) is 12.1 Å². The van der Waals surface area contributed by atoms with E-state index in [2.05, 4.69) is 10.3 Å². The zero-order chi connectivity index (χ0) is 25.4. The fraction of sp³-hybridized carbons (Fsp3) is 0.185. The van der Waals surface area contributed by atoms with E-state index >= 15 is 0 Å². The number of nitrogens with one attached hydrogen (secondary N) is 1. The highest BCUT2D eigenvalue weighted by atomic mass is 32.2. The second-order valence-electron chi connectivity index (χ2n) is 8.66. The molecule has 37 heavy (non-hydrogen) atoms. The molecule has 0 radical (unpaired) electrons. The van der Waals surface area contributed by atoms with Gasteiger partial charge >= 0.3 is 0 Å². The maximum absolute atomic E-state index is 13.7. The van der Waals surface area contributed by atoms with Crippen molar-refractivity contribution in [3.05, 3.63) is 89.2 Å². The summed E-state index contributed by atoms with van der Waals surface area (Å²) >= 11 is 1.37. The molecule has 0 saturated heterocycles. The van der Waals surface area contributed by atoms with Gasteiger partial charge < -0.3 is 14.8 Å². The van der Waals surface area contributed by atoms with Crippen LogP contribution in [0.25, 0.3) is 0 Å². The Morgan fingerprint density at radius 1 is 1.03 bits per heavy atom. The van der Waals surface area contributed by atoms with Crippen LogP contribution in [0.3, 0.4) is 0 Å². The quantitative estimate of drug-likeness (QED) is 0.529. The van der Waals surface area contributed by atoms with Crippen LogP contribution in [0.5, 0.6) is 11.5 Å². The first-order valence-corrected chi connectivity index (χ1v) is 12.7. The first kappa shape index (κ1) is 23.2. The van der Waals surface area contributed by atoms with E-state index in [0.717, 1.165) is 16.7 Å². The lowest BCUT2D eigenvalue weighted by Gasteiger charge is -2.30. The Labute approximate surface area is 216 Å². The van der Waals surface area contributed by atoms with Crippen molar-refractivity contribution >= 4 is 40.3 Å². The number of thioether (sulfide) groups is 1. The lowest BCUT2D eigenvalue weighted by molar-refractivity contribution is -0.126. The molecule has 1 N–H and O–H groups in total. The topological polar surface area (TPSA) is 92.6 Å². The molecule has 3 aliphatic rings. The summed E-state index contributed by atoms with van der Waals surface area (Å²) in [5.41, 5.74) is 3.06. The van der Waals surface area contributed by atoms with Crippen LogP contribution in [0.2, 0.25) is 0 Å². The maximum atomic E-state index is 13.7. The first-order valence-electron chi connectivity index (χ1n) is 11.7. The summed E-state index contributed by atoms with van der Waals surface area (Å²) < 4.78 is 24.4. The molecular weight excluding hydrogens is 495 g/mol. The Bertz CT molecular complexity index is 1470. The number of halogens is 1. The van der Waals surface area contributed by atoms with Crippen LogP contribution in [0, 0.1) is 5.82 Å². The normalized spacial score (nSPS) is 17.2. The van der Waals surface area contributed by atoms with E-state index in [1.54, 1.807) is 17.0 Å². The van der Waals surface area contributed by atoms with Gasteiger partial charge in [-0.3, -0.25) is 14.5 Å². The van der Waals surface area contributed by atoms with E-state index in [9.17, 15) is 14.0 Å². The van der Waals surface area contributed by atoms with Crippen molar-refractivity contribution in [3.8, 4) is 11.5 Å². The van der Waals surface area contributed by atoms with Crippen LogP contribution in [0.4, 0.5) is 10.1 Å². The fourth-order valence-electron chi connectivity index (χ4n) is 4.38. The van der Waals surface area contributed by atoms with Crippen LogP contribution in [-0.4, -0.2) is 40.6 Å². The lowest BCUT2D eigenvalue weighted by atomic mass is 10.1. The number of aliphatic imine (C=N–C) groups is 2. The van der Waals surface area contributed by atoms with Crippen LogP contribution in [0.1, 0.15) is 23.1 Å². The summed E-state index contributed by atoms with van der Waals surface area (Å²) in [5.74, 6) is 1.23. The molecule has 10 heteroatoms. The van der Waals surface area contributed by atoms with Gasteiger partial charge in [-0.1, -0.05) is 42.1 Å². The summed E-state index contributed by atoms with van der Waals surface area (Å²) in [5, 5.41) is 3.42. The Morgan fingerprint density at radius 3 is 2.78 bits per heavy atom. The van der Waals surface area contributed by atoms with Crippen molar-refractivity contribution in [2.75, 3.05) is 6.79 Å². The monoisotopic (exact) mass is 516 g/mol. The van der Waals surface area contributed by atoms with Crippen molar-refractivity contribution in [2.45, 2.75) is 24.8 Å². The third-order valence-electron chi connectivity index (χ3n) is 6.17. The molecule has 0 aromatic heterocycles. The standard InChI is InChI=1S/C27H21FN4O4S/c28-18-5-3-4-17(10-18)14-37-27-30-20-7-2-1-6-19(20)25-31-26(34)21(32(25)27)12-24(33)29-13-16-8-9-22-23(11-16)36-15-35-22/h1-11,21H,12-15H2,(H,29,33). The smallest absolute Gasteiger partial charge is 0.271 e. The number of rotatable bonds is 6. The minimum absolute atomic E-state index is 0.0852. The summed E-state index contributed by atoms with van der Waals surface area (Å²) in [4.78, 5) is 36.7. The van der Waals surface area contributed by atoms with Gasteiger partial charge in [0.25, 0.3) is 5.91 Å². The Hall–Kier alpha value is -4.18. The second kappa shape index (κ2) is 9.70. The number of ether oxygens (including phenoxy) is 2. The highest BCUT2D eigenvalue weighted by Gasteiger charge is 2.42. The van der Waals surface area contributed by atoms with Crippen LogP contribution < -0.4 is 14.8 Å². The fourth-order valence-corrected chi connectivity index (χ4v) is 5.37. The minimum atomic E-state index is -0.820. The third kappa shape index (κ3) is 4.67. The van der Waals surface area contributed by atoms with E-state index in [1.165, 1.54) is 23.9 Å². The number of hydrogen-bond donors (Lipinski definition) is 1. The number of para-hydroxylation sites is 1. The molecule has 2 amide bonds.